The normalized spacial score (nSPS) is 11.7. The maximum Gasteiger partial charge on any atom is 0.412 e. The van der Waals surface area contributed by atoms with Crippen molar-refractivity contribution in [1.82, 2.24) is 9.13 Å². The number of rotatable bonds is 2. The van der Waals surface area contributed by atoms with Gasteiger partial charge in [0.15, 0.2) is 0 Å². The average molecular weight is 305 g/mol. The van der Waals surface area contributed by atoms with Gasteiger partial charge in [-0.3, -0.25) is 10.1 Å². The molecule has 120 valence electrons. The number of ether oxygens (including phenoxy) is 1. The lowest BCUT2D eigenvalue weighted by Crippen LogP contribution is -2.27. The minimum Gasteiger partial charge on any atom is -0.444 e. The zero-order valence-corrected chi connectivity index (χ0v) is 14.0. The average Bonchev–Trinajstić information content (AvgIpc) is 2.68. The van der Waals surface area contributed by atoms with Crippen molar-refractivity contribution >= 4 is 22.7 Å². The van der Waals surface area contributed by atoms with Gasteiger partial charge in [-0.25, -0.2) is 4.79 Å². The molecule has 0 fully saturated rings. The number of anilines is 1. The monoisotopic (exact) mass is 305 g/mol. The molecular weight excluding hydrogens is 282 g/mol. The Balaban J connectivity index is 2.54. The van der Waals surface area contributed by atoms with Crippen molar-refractivity contribution in [3.63, 3.8) is 0 Å². The molecule has 0 aromatic carbocycles. The Labute approximate surface area is 129 Å². The summed E-state index contributed by atoms with van der Waals surface area (Å²) in [7, 11) is 1.85. The van der Waals surface area contributed by atoms with Gasteiger partial charge in [-0.2, -0.15) is 0 Å². The summed E-state index contributed by atoms with van der Waals surface area (Å²) in [6.07, 6.45) is 3.01. The molecule has 1 amide bonds. The van der Waals surface area contributed by atoms with E-state index in [1.807, 2.05) is 31.7 Å². The van der Waals surface area contributed by atoms with Crippen LogP contribution in [0.2, 0.25) is 0 Å². The highest BCUT2D eigenvalue weighted by Crippen LogP contribution is 2.25. The van der Waals surface area contributed by atoms with Crippen LogP contribution in [0, 0.1) is 6.92 Å². The molecule has 6 nitrogen and oxygen atoms in total. The molecule has 2 heterocycles. The largest absolute Gasteiger partial charge is 0.444 e. The molecule has 0 spiro atoms. The summed E-state index contributed by atoms with van der Waals surface area (Å²) in [5, 5.41) is 3.20. The van der Waals surface area contributed by atoms with Gasteiger partial charge >= 0.3 is 6.09 Å². The van der Waals surface area contributed by atoms with Crippen LogP contribution in [0.25, 0.3) is 10.9 Å². The first kappa shape index (κ1) is 16.1. The Morgan fingerprint density at radius 1 is 1.32 bits per heavy atom. The maximum absolute atomic E-state index is 12.6. The van der Waals surface area contributed by atoms with E-state index in [1.165, 1.54) is 0 Å². The standard InChI is InChI=1S/C16H23N3O3/c1-7-19-8-10(2)13-12(14(19)20)11(9-18(13)6)17-15(21)22-16(3,4)5/h8-9H,7H2,1-6H3,(H,17,21). The second-order valence-corrected chi connectivity index (χ2v) is 6.41. The van der Waals surface area contributed by atoms with Gasteiger partial charge in [0.25, 0.3) is 5.56 Å². The van der Waals surface area contributed by atoms with Crippen molar-refractivity contribution < 1.29 is 9.53 Å². The number of hydrogen-bond donors (Lipinski definition) is 1. The Morgan fingerprint density at radius 3 is 2.50 bits per heavy atom. The van der Waals surface area contributed by atoms with E-state index in [0.717, 1.165) is 11.1 Å². The van der Waals surface area contributed by atoms with Crippen molar-refractivity contribution in [3.05, 3.63) is 28.3 Å². The van der Waals surface area contributed by atoms with E-state index in [1.54, 1.807) is 31.5 Å². The Kier molecular flexibility index (Phi) is 4.04. The van der Waals surface area contributed by atoms with Crippen molar-refractivity contribution in [1.29, 1.82) is 0 Å². The summed E-state index contributed by atoms with van der Waals surface area (Å²) in [5.41, 5.74) is 1.57. The number of carbonyl (C=O) groups excluding carboxylic acids is 1. The van der Waals surface area contributed by atoms with E-state index in [4.69, 9.17) is 4.74 Å². The Bertz CT molecular complexity index is 779. The van der Waals surface area contributed by atoms with Gasteiger partial charge < -0.3 is 13.9 Å². The maximum atomic E-state index is 12.6. The fourth-order valence-corrected chi connectivity index (χ4v) is 2.56. The molecule has 1 N–H and O–H groups in total. The quantitative estimate of drug-likeness (QED) is 0.927. The summed E-state index contributed by atoms with van der Waals surface area (Å²) in [6, 6.07) is 0. The van der Waals surface area contributed by atoms with Crippen LogP contribution in [0.3, 0.4) is 0 Å². The highest BCUT2D eigenvalue weighted by atomic mass is 16.6. The van der Waals surface area contributed by atoms with Crippen molar-refractivity contribution in [3.8, 4) is 0 Å². The molecule has 2 aromatic rings. The van der Waals surface area contributed by atoms with Gasteiger partial charge in [0.2, 0.25) is 0 Å². The van der Waals surface area contributed by atoms with Crippen molar-refractivity contribution in [2.45, 2.75) is 46.8 Å². The molecule has 0 radical (unpaired) electrons. The summed E-state index contributed by atoms with van der Waals surface area (Å²) in [4.78, 5) is 24.6. The van der Waals surface area contributed by atoms with Crippen LogP contribution in [-0.2, 0) is 18.3 Å². The first-order valence-electron chi connectivity index (χ1n) is 7.33. The molecule has 0 saturated carbocycles. The van der Waals surface area contributed by atoms with E-state index >= 15 is 0 Å². The molecule has 0 aliphatic heterocycles. The Morgan fingerprint density at radius 2 is 1.95 bits per heavy atom. The van der Waals surface area contributed by atoms with Gasteiger partial charge in [-0.15, -0.1) is 0 Å². The molecule has 22 heavy (non-hydrogen) atoms. The number of nitrogens with zero attached hydrogens (tertiary/aromatic N) is 2. The highest BCUT2D eigenvalue weighted by molar-refractivity contribution is 6.00. The molecule has 0 bridgehead atoms. The fourth-order valence-electron chi connectivity index (χ4n) is 2.56. The Hall–Kier alpha value is -2.24. The molecule has 0 aliphatic rings. The molecule has 2 rings (SSSR count). The molecular formula is C16H23N3O3. The number of amides is 1. The van der Waals surface area contributed by atoms with Crippen LogP contribution in [0.5, 0.6) is 0 Å². The number of carbonyl (C=O) groups is 1. The number of aryl methyl sites for hydroxylation is 3. The molecule has 0 aliphatic carbocycles. The predicted molar refractivity (Wildman–Crippen MR) is 87.4 cm³/mol. The number of fused-ring (bicyclic) bond motifs is 1. The molecule has 0 saturated heterocycles. The number of aromatic nitrogens is 2. The summed E-state index contributed by atoms with van der Waals surface area (Å²) in [6.45, 7) is 9.83. The third-order valence-electron chi connectivity index (χ3n) is 3.36. The van der Waals surface area contributed by atoms with Crippen molar-refractivity contribution in [2.24, 2.45) is 7.05 Å². The second kappa shape index (κ2) is 5.51. The molecule has 6 heteroatoms. The van der Waals surface area contributed by atoms with Crippen LogP contribution >= 0.6 is 0 Å². The molecule has 0 atom stereocenters. The van der Waals surface area contributed by atoms with Crippen LogP contribution in [0.15, 0.2) is 17.2 Å². The number of hydrogen-bond acceptors (Lipinski definition) is 3. The van der Waals surface area contributed by atoms with Gasteiger partial charge in [-0.05, 0) is 40.2 Å². The van der Waals surface area contributed by atoms with E-state index in [0.29, 0.717) is 17.6 Å². The van der Waals surface area contributed by atoms with Crippen LogP contribution in [0.1, 0.15) is 33.3 Å². The van der Waals surface area contributed by atoms with Crippen LogP contribution in [0.4, 0.5) is 10.5 Å². The SMILES string of the molecule is CCn1cc(C)c2c(c(NC(=O)OC(C)(C)C)cn2C)c1=O. The number of nitrogens with one attached hydrogen (secondary N) is 1. The van der Waals surface area contributed by atoms with Crippen LogP contribution in [-0.4, -0.2) is 20.8 Å². The fraction of sp³-hybridized carbons (Fsp3) is 0.500. The second-order valence-electron chi connectivity index (χ2n) is 6.41. The zero-order chi connectivity index (χ0) is 16.7. The third kappa shape index (κ3) is 3.00. The van der Waals surface area contributed by atoms with Gasteiger partial charge in [0, 0.05) is 26.0 Å². The van der Waals surface area contributed by atoms with Gasteiger partial charge in [0.05, 0.1) is 16.6 Å². The first-order valence-corrected chi connectivity index (χ1v) is 7.33. The minimum absolute atomic E-state index is 0.116. The van der Waals surface area contributed by atoms with E-state index in [-0.39, 0.29) is 5.56 Å². The summed E-state index contributed by atoms with van der Waals surface area (Å²) < 4.78 is 8.74. The predicted octanol–water partition coefficient (Wildman–Crippen LogP) is 3.02. The molecule has 0 unspecified atom stereocenters. The topological polar surface area (TPSA) is 65.3 Å². The van der Waals surface area contributed by atoms with Gasteiger partial charge in [0.1, 0.15) is 5.60 Å². The minimum atomic E-state index is -0.589. The van der Waals surface area contributed by atoms with E-state index in [2.05, 4.69) is 5.32 Å². The lowest BCUT2D eigenvalue weighted by atomic mass is 10.2. The lowest BCUT2D eigenvalue weighted by molar-refractivity contribution is 0.0636. The first-order chi connectivity index (χ1) is 10.1. The summed E-state index contributed by atoms with van der Waals surface area (Å²) >= 11 is 0. The number of pyridine rings is 1. The smallest absolute Gasteiger partial charge is 0.412 e. The lowest BCUT2D eigenvalue weighted by Gasteiger charge is -2.19. The van der Waals surface area contributed by atoms with Crippen LogP contribution < -0.4 is 10.9 Å². The highest BCUT2D eigenvalue weighted by Gasteiger charge is 2.20. The summed E-state index contributed by atoms with van der Waals surface area (Å²) in [5.74, 6) is 0. The molecule has 2 aromatic heterocycles. The zero-order valence-electron chi connectivity index (χ0n) is 14.0. The van der Waals surface area contributed by atoms with Gasteiger partial charge in [-0.1, -0.05) is 0 Å². The van der Waals surface area contributed by atoms with E-state index < -0.39 is 11.7 Å². The third-order valence-corrected chi connectivity index (χ3v) is 3.36. The van der Waals surface area contributed by atoms with Crippen molar-refractivity contribution in [2.75, 3.05) is 5.32 Å². The van der Waals surface area contributed by atoms with E-state index in [9.17, 15) is 9.59 Å².